The molecule has 0 fully saturated rings. The minimum absolute atomic E-state index is 0.0152. The second kappa shape index (κ2) is 4.63. The van der Waals surface area contributed by atoms with Gasteiger partial charge in [-0.1, -0.05) is 0 Å². The summed E-state index contributed by atoms with van der Waals surface area (Å²) in [5.74, 6) is -0.392. The van der Waals surface area contributed by atoms with Crippen LogP contribution in [-0.4, -0.2) is 23.9 Å². The Labute approximate surface area is 107 Å². The molecule has 102 valence electrons. The molecule has 1 atom stereocenters. The first-order valence-electron chi connectivity index (χ1n) is 5.35. The lowest BCUT2D eigenvalue weighted by Crippen LogP contribution is -2.53. The predicted molar refractivity (Wildman–Crippen MR) is 60.0 cm³/mol. The summed E-state index contributed by atoms with van der Waals surface area (Å²) in [6, 6.07) is 2.53. The molecule has 0 aromatic heterocycles. The molecule has 0 radical (unpaired) electrons. The summed E-state index contributed by atoms with van der Waals surface area (Å²) in [7, 11) is 0. The number of amides is 2. The number of urea groups is 1. The van der Waals surface area contributed by atoms with Gasteiger partial charge < -0.3 is 20.3 Å². The zero-order valence-electron chi connectivity index (χ0n) is 9.68. The zero-order valence-corrected chi connectivity index (χ0v) is 9.68. The number of ether oxygens (including phenoxy) is 2. The third kappa shape index (κ3) is 2.51. The van der Waals surface area contributed by atoms with Crippen molar-refractivity contribution < 1.29 is 28.6 Å². The van der Waals surface area contributed by atoms with E-state index >= 15 is 0 Å². The fourth-order valence-corrected chi connectivity index (χ4v) is 1.99. The number of nitrogens with two attached hydrogens (primary N) is 1. The van der Waals surface area contributed by atoms with Crippen LogP contribution in [-0.2, 0) is 10.5 Å². The van der Waals surface area contributed by atoms with E-state index in [9.17, 15) is 14.0 Å². The molecule has 1 aromatic rings. The number of primary amides is 1. The van der Waals surface area contributed by atoms with E-state index in [0.29, 0.717) is 0 Å². The number of carbonyl (C=O) groups excluding carboxylic acids is 1. The largest absolute Gasteiger partial charge is 0.508 e. The number of benzene rings is 1. The quantitative estimate of drug-likeness (QED) is 0.551. The number of rotatable bonds is 2. The maximum atomic E-state index is 13.3. The Balaban J connectivity index is 2.52. The first-order valence-corrected chi connectivity index (χ1v) is 5.35. The van der Waals surface area contributed by atoms with Crippen LogP contribution in [0.1, 0.15) is 12.0 Å². The Bertz CT molecular complexity index is 518. The van der Waals surface area contributed by atoms with E-state index in [1.165, 1.54) is 6.07 Å². The molecule has 0 bridgehead atoms. The van der Waals surface area contributed by atoms with Crippen LogP contribution in [0.15, 0.2) is 18.2 Å². The van der Waals surface area contributed by atoms with Gasteiger partial charge in [0.15, 0.2) is 0 Å². The van der Waals surface area contributed by atoms with Gasteiger partial charge >= 0.3 is 12.2 Å². The number of hydrogen-bond acceptors (Lipinski definition) is 4. The maximum absolute atomic E-state index is 13.3. The van der Waals surface area contributed by atoms with Crippen molar-refractivity contribution in [1.29, 1.82) is 0 Å². The fourth-order valence-electron chi connectivity index (χ4n) is 1.99. The first-order chi connectivity index (χ1) is 8.93. The zero-order chi connectivity index (χ0) is 14.0. The molecule has 1 aliphatic heterocycles. The van der Waals surface area contributed by atoms with Crippen LogP contribution < -0.4 is 15.8 Å². The van der Waals surface area contributed by atoms with Gasteiger partial charge in [-0.25, -0.2) is 14.0 Å². The molecule has 0 saturated carbocycles. The highest BCUT2D eigenvalue weighted by molar-refractivity contribution is 5.73. The van der Waals surface area contributed by atoms with E-state index in [0.717, 1.165) is 12.1 Å². The number of halogens is 1. The third-order valence-electron chi connectivity index (χ3n) is 2.68. The molecule has 7 nitrogen and oxygen atoms in total. The van der Waals surface area contributed by atoms with Crippen LogP contribution in [0.4, 0.5) is 14.0 Å². The van der Waals surface area contributed by atoms with Crippen LogP contribution in [0.5, 0.6) is 5.75 Å². The van der Waals surface area contributed by atoms with Crippen molar-refractivity contribution in [3.8, 4) is 5.75 Å². The average Bonchev–Trinajstić information content (AvgIpc) is 2.28. The molecule has 4 N–H and O–H groups in total. The van der Waals surface area contributed by atoms with Crippen LogP contribution >= 0.6 is 0 Å². The van der Waals surface area contributed by atoms with Gasteiger partial charge in [-0.3, -0.25) is 5.32 Å². The average molecular weight is 270 g/mol. The normalized spacial score (nSPS) is 20.9. The van der Waals surface area contributed by atoms with E-state index in [1.807, 2.05) is 0 Å². The number of hydrogen-bond donors (Lipinski definition) is 3. The Morgan fingerprint density at radius 2 is 2.26 bits per heavy atom. The standard InChI is InChI=1S/C11H11FN2O5/c12-6-1-2-8-7(5-6)11(3-4-18-8,14-9(13)15)19-10(16)17/h1-2,5H,3-4H2,(H,16,17)(H3,13,14,15)/t11-/m1/s1. The van der Waals surface area contributed by atoms with Gasteiger partial charge in [0.2, 0.25) is 5.72 Å². The van der Waals surface area contributed by atoms with Crippen molar-refractivity contribution in [2.75, 3.05) is 6.61 Å². The van der Waals surface area contributed by atoms with Gasteiger partial charge in [0, 0.05) is 6.42 Å². The molecule has 19 heavy (non-hydrogen) atoms. The second-order valence-electron chi connectivity index (χ2n) is 3.92. The number of carbonyl (C=O) groups is 2. The monoisotopic (exact) mass is 270 g/mol. The smallest absolute Gasteiger partial charge is 0.493 e. The Hall–Kier alpha value is -2.51. The minimum Gasteiger partial charge on any atom is -0.493 e. The summed E-state index contributed by atoms with van der Waals surface area (Å²) < 4.78 is 23.3. The van der Waals surface area contributed by atoms with Gasteiger partial charge in [-0.15, -0.1) is 0 Å². The number of carboxylic acid groups (broad SMARTS) is 1. The summed E-state index contributed by atoms with van der Waals surface area (Å²) in [6.45, 7) is 0.0895. The maximum Gasteiger partial charge on any atom is 0.508 e. The highest BCUT2D eigenvalue weighted by Crippen LogP contribution is 2.38. The summed E-state index contributed by atoms with van der Waals surface area (Å²) in [5, 5.41) is 11.0. The number of nitrogens with one attached hydrogen (secondary N) is 1. The summed E-state index contributed by atoms with van der Waals surface area (Å²) in [6.07, 6.45) is -1.63. The Kier molecular flexibility index (Phi) is 3.16. The topological polar surface area (TPSA) is 111 Å². The molecule has 1 aliphatic rings. The van der Waals surface area contributed by atoms with Gasteiger partial charge in [0.25, 0.3) is 0 Å². The first kappa shape index (κ1) is 12.9. The molecule has 0 saturated heterocycles. The van der Waals surface area contributed by atoms with Crippen LogP contribution in [0.25, 0.3) is 0 Å². The van der Waals surface area contributed by atoms with Crippen LogP contribution in [0.3, 0.4) is 0 Å². The van der Waals surface area contributed by atoms with Gasteiger partial charge in [0.1, 0.15) is 11.6 Å². The summed E-state index contributed by atoms with van der Waals surface area (Å²) >= 11 is 0. The van der Waals surface area contributed by atoms with Crippen molar-refractivity contribution in [1.82, 2.24) is 5.32 Å². The minimum atomic E-state index is -1.74. The molecule has 0 unspecified atom stereocenters. The van der Waals surface area contributed by atoms with Crippen molar-refractivity contribution in [3.63, 3.8) is 0 Å². The SMILES string of the molecule is NC(=O)N[C@@]1(OC(=O)O)CCOc2ccc(F)cc21. The molecule has 1 heterocycles. The second-order valence-corrected chi connectivity index (χ2v) is 3.92. The van der Waals surface area contributed by atoms with Crippen molar-refractivity contribution >= 4 is 12.2 Å². The summed E-state index contributed by atoms with van der Waals surface area (Å²) in [4.78, 5) is 21.9. The molecule has 0 aliphatic carbocycles. The van der Waals surface area contributed by atoms with Crippen LogP contribution in [0, 0.1) is 5.82 Å². The van der Waals surface area contributed by atoms with Crippen molar-refractivity contribution in [2.24, 2.45) is 5.73 Å². The predicted octanol–water partition coefficient (Wildman–Crippen LogP) is 1.12. The van der Waals surface area contributed by atoms with E-state index < -0.39 is 23.7 Å². The van der Waals surface area contributed by atoms with E-state index in [4.69, 9.17) is 20.3 Å². The molecule has 8 heteroatoms. The van der Waals surface area contributed by atoms with Gasteiger partial charge in [0.05, 0.1) is 12.2 Å². The van der Waals surface area contributed by atoms with Crippen molar-refractivity contribution in [3.05, 3.63) is 29.6 Å². The molecule has 1 aromatic carbocycles. The Morgan fingerprint density at radius 3 is 2.89 bits per heavy atom. The third-order valence-corrected chi connectivity index (χ3v) is 2.68. The van der Waals surface area contributed by atoms with Crippen LogP contribution in [0.2, 0.25) is 0 Å². The molecule has 2 rings (SSSR count). The lowest BCUT2D eigenvalue weighted by molar-refractivity contribution is -0.0596. The van der Waals surface area contributed by atoms with E-state index in [-0.39, 0.29) is 24.3 Å². The van der Waals surface area contributed by atoms with Gasteiger partial charge in [-0.2, -0.15) is 0 Å². The van der Waals surface area contributed by atoms with Crippen molar-refractivity contribution in [2.45, 2.75) is 12.1 Å². The highest BCUT2D eigenvalue weighted by atomic mass is 19.1. The van der Waals surface area contributed by atoms with E-state index in [2.05, 4.69) is 5.32 Å². The molecular formula is C11H11FN2O5. The highest BCUT2D eigenvalue weighted by Gasteiger charge is 2.43. The Morgan fingerprint density at radius 1 is 1.53 bits per heavy atom. The fraction of sp³-hybridized carbons (Fsp3) is 0.273. The molecule has 0 spiro atoms. The summed E-state index contributed by atoms with van der Waals surface area (Å²) in [5.41, 5.74) is 3.35. The van der Waals surface area contributed by atoms with Gasteiger partial charge in [-0.05, 0) is 18.2 Å². The lowest BCUT2D eigenvalue weighted by atomic mass is 9.96. The molecular weight excluding hydrogens is 259 g/mol. The van der Waals surface area contributed by atoms with E-state index in [1.54, 1.807) is 0 Å². The lowest BCUT2D eigenvalue weighted by Gasteiger charge is -2.37. The molecule has 2 amide bonds. The number of fused-ring (bicyclic) bond motifs is 1.